The number of hydrogen-bond acceptors (Lipinski definition) is 4. The highest BCUT2D eigenvalue weighted by Gasteiger charge is 2.39. The fourth-order valence-corrected chi connectivity index (χ4v) is 5.14. The Kier molecular flexibility index (Phi) is 5.39. The number of likely N-dealkylation sites (N-methyl/N-ethyl adjacent to an activating group) is 1. The zero-order valence-corrected chi connectivity index (χ0v) is 17.8. The maximum absolute atomic E-state index is 13.2. The number of hydrogen-bond donors (Lipinski definition) is 2. The van der Waals surface area contributed by atoms with Crippen molar-refractivity contribution in [3.8, 4) is 0 Å². The van der Waals surface area contributed by atoms with E-state index >= 15 is 0 Å². The monoisotopic (exact) mass is 433 g/mol. The number of nitrogens with zero attached hydrogens (tertiary/aromatic N) is 1. The second kappa shape index (κ2) is 8.02. The van der Waals surface area contributed by atoms with Crippen LogP contribution >= 0.6 is 0 Å². The van der Waals surface area contributed by atoms with Gasteiger partial charge in [-0.05, 0) is 29.8 Å². The molecule has 1 unspecified atom stereocenters. The number of carbonyl (C=O) groups excluding carboxylic acids is 1. The highest BCUT2D eigenvalue weighted by molar-refractivity contribution is 7.89. The fourth-order valence-electron chi connectivity index (χ4n) is 3.91. The Hall–Kier alpha value is -3.42. The minimum atomic E-state index is -3.75. The molecule has 1 amide bonds. The number of amides is 1. The summed E-state index contributed by atoms with van der Waals surface area (Å²) in [6.45, 7) is 0.0549. The van der Waals surface area contributed by atoms with Crippen molar-refractivity contribution >= 4 is 27.2 Å². The second-order valence-electron chi connectivity index (χ2n) is 7.50. The number of anilines is 1. The topological polar surface area (TPSA) is 92.5 Å². The molecule has 0 aromatic heterocycles. The van der Waals surface area contributed by atoms with Crippen molar-refractivity contribution in [3.05, 3.63) is 102 Å². The molecule has 1 aliphatic rings. The van der Waals surface area contributed by atoms with Crippen molar-refractivity contribution in [2.24, 2.45) is 5.73 Å². The minimum Gasteiger partial charge on any atom is -0.370 e. The molecule has 3 N–H and O–H groups in total. The number of benzene rings is 3. The van der Waals surface area contributed by atoms with E-state index in [1.807, 2.05) is 54.6 Å². The van der Waals surface area contributed by atoms with Gasteiger partial charge in [0.25, 0.3) is 0 Å². The summed E-state index contributed by atoms with van der Waals surface area (Å²) in [5.74, 6) is -0.567. The van der Waals surface area contributed by atoms with Crippen LogP contribution in [-0.2, 0) is 20.4 Å². The third kappa shape index (κ3) is 3.85. The first-order valence-electron chi connectivity index (χ1n) is 9.81. The van der Waals surface area contributed by atoms with Gasteiger partial charge in [0.1, 0.15) is 0 Å². The molecule has 7 heteroatoms. The van der Waals surface area contributed by atoms with Gasteiger partial charge in [0, 0.05) is 30.4 Å². The summed E-state index contributed by atoms with van der Waals surface area (Å²) in [5.41, 5.74) is 7.31. The van der Waals surface area contributed by atoms with Crippen LogP contribution < -0.4 is 11.1 Å². The lowest BCUT2D eigenvalue weighted by molar-refractivity contribution is -0.112. The molecule has 0 fully saturated rings. The van der Waals surface area contributed by atoms with Crippen LogP contribution in [0.15, 0.2) is 95.9 Å². The number of rotatable bonds is 6. The van der Waals surface area contributed by atoms with Crippen LogP contribution in [0.1, 0.15) is 11.1 Å². The summed E-state index contributed by atoms with van der Waals surface area (Å²) < 4.78 is 27.7. The number of primary amides is 1. The van der Waals surface area contributed by atoms with E-state index in [9.17, 15) is 13.2 Å². The maximum atomic E-state index is 13.2. The van der Waals surface area contributed by atoms with Gasteiger partial charge in [-0.3, -0.25) is 4.79 Å². The van der Waals surface area contributed by atoms with E-state index in [1.54, 1.807) is 36.4 Å². The van der Waals surface area contributed by atoms with E-state index in [2.05, 4.69) is 5.32 Å². The Morgan fingerprint density at radius 1 is 0.935 bits per heavy atom. The Balaban J connectivity index is 1.85. The van der Waals surface area contributed by atoms with Crippen molar-refractivity contribution in [2.75, 3.05) is 18.9 Å². The van der Waals surface area contributed by atoms with Gasteiger partial charge in [0.15, 0.2) is 0 Å². The van der Waals surface area contributed by atoms with Gasteiger partial charge in [-0.1, -0.05) is 66.7 Å². The van der Waals surface area contributed by atoms with Crippen molar-refractivity contribution < 1.29 is 13.2 Å². The third-order valence-corrected chi connectivity index (χ3v) is 7.26. The number of nitrogens with two attached hydrogens (primary N) is 1. The summed E-state index contributed by atoms with van der Waals surface area (Å²) in [4.78, 5) is 12.5. The predicted octanol–water partition coefficient (Wildman–Crippen LogP) is 3.20. The van der Waals surface area contributed by atoms with Crippen LogP contribution in [0.3, 0.4) is 0 Å². The molecule has 3 aromatic carbocycles. The molecule has 1 aliphatic heterocycles. The lowest BCUT2D eigenvalue weighted by atomic mass is 9.82. The SMILES string of the molecule is CN(CC1(c2ccccc2)C=C(C(N)=O)c2ccccc2N1)S(=O)(=O)c1ccccc1. The van der Waals surface area contributed by atoms with Crippen molar-refractivity contribution in [1.82, 2.24) is 4.31 Å². The van der Waals surface area contributed by atoms with Crippen LogP contribution in [0.5, 0.6) is 0 Å². The van der Waals surface area contributed by atoms with E-state index in [-0.39, 0.29) is 11.4 Å². The lowest BCUT2D eigenvalue weighted by Crippen LogP contribution is -2.47. The molecule has 3 aromatic rings. The smallest absolute Gasteiger partial charge is 0.249 e. The van der Waals surface area contributed by atoms with Gasteiger partial charge in [-0.25, -0.2) is 8.42 Å². The van der Waals surface area contributed by atoms with Gasteiger partial charge < -0.3 is 11.1 Å². The number of fused-ring (bicyclic) bond motifs is 1. The number of nitrogens with one attached hydrogen (secondary N) is 1. The van der Waals surface area contributed by atoms with Crippen LogP contribution in [-0.4, -0.2) is 32.2 Å². The molecule has 0 saturated carbocycles. The Bertz CT molecular complexity index is 1240. The van der Waals surface area contributed by atoms with Gasteiger partial charge >= 0.3 is 0 Å². The average molecular weight is 434 g/mol. The molecule has 1 heterocycles. The molecule has 0 spiro atoms. The Labute approximate surface area is 182 Å². The zero-order chi connectivity index (χ0) is 22.1. The second-order valence-corrected chi connectivity index (χ2v) is 9.55. The van der Waals surface area contributed by atoms with Gasteiger partial charge in [-0.2, -0.15) is 4.31 Å². The molecule has 31 heavy (non-hydrogen) atoms. The predicted molar refractivity (Wildman–Crippen MR) is 122 cm³/mol. The van der Waals surface area contributed by atoms with Crippen LogP contribution in [0, 0.1) is 0 Å². The van der Waals surface area contributed by atoms with E-state index < -0.39 is 21.5 Å². The number of sulfonamides is 1. The normalized spacial score (nSPS) is 18.1. The van der Waals surface area contributed by atoms with Gasteiger partial charge in [0.2, 0.25) is 15.9 Å². The molecule has 0 bridgehead atoms. The molecule has 0 aliphatic carbocycles. The zero-order valence-electron chi connectivity index (χ0n) is 17.0. The standard InChI is InChI=1S/C24H23N3O3S/c1-27(31(29,30)19-12-6-3-7-13-19)17-24(18-10-4-2-5-11-18)16-21(23(25)28)20-14-8-9-15-22(20)26-24/h2-16,26H,17H2,1H3,(H2,25,28). The lowest BCUT2D eigenvalue weighted by Gasteiger charge is -2.40. The highest BCUT2D eigenvalue weighted by atomic mass is 32.2. The average Bonchev–Trinajstić information content (AvgIpc) is 2.79. The van der Waals surface area contributed by atoms with Crippen LogP contribution in [0.25, 0.3) is 5.57 Å². The molecular weight excluding hydrogens is 410 g/mol. The third-order valence-electron chi connectivity index (χ3n) is 5.44. The summed E-state index contributed by atoms with van der Waals surface area (Å²) in [5, 5.41) is 3.48. The molecule has 1 atom stereocenters. The van der Waals surface area contributed by atoms with Crippen LogP contribution in [0.2, 0.25) is 0 Å². The van der Waals surface area contributed by atoms with Crippen LogP contribution in [0.4, 0.5) is 5.69 Å². The first-order valence-corrected chi connectivity index (χ1v) is 11.2. The van der Waals surface area contributed by atoms with E-state index in [4.69, 9.17) is 5.73 Å². The molecule has 0 saturated heterocycles. The summed E-state index contributed by atoms with van der Waals surface area (Å²) in [7, 11) is -2.22. The summed E-state index contributed by atoms with van der Waals surface area (Å²) in [6, 6.07) is 25.1. The quantitative estimate of drug-likeness (QED) is 0.624. The first kappa shape index (κ1) is 20.8. The largest absolute Gasteiger partial charge is 0.370 e. The van der Waals surface area contributed by atoms with Crippen molar-refractivity contribution in [1.29, 1.82) is 0 Å². The van der Waals surface area contributed by atoms with Gasteiger partial charge in [0.05, 0.1) is 10.4 Å². The fraction of sp³-hybridized carbons (Fsp3) is 0.125. The molecule has 4 rings (SSSR count). The Morgan fingerprint density at radius 3 is 2.16 bits per heavy atom. The molecule has 6 nitrogen and oxygen atoms in total. The van der Waals surface area contributed by atoms with Crippen molar-refractivity contribution in [2.45, 2.75) is 10.4 Å². The highest BCUT2D eigenvalue weighted by Crippen LogP contribution is 2.40. The van der Waals surface area contributed by atoms with E-state index in [0.29, 0.717) is 16.8 Å². The first-order chi connectivity index (χ1) is 14.8. The van der Waals surface area contributed by atoms with E-state index in [1.165, 1.54) is 11.4 Å². The van der Waals surface area contributed by atoms with Gasteiger partial charge in [-0.15, -0.1) is 0 Å². The maximum Gasteiger partial charge on any atom is 0.249 e. The minimum absolute atomic E-state index is 0.0549. The molecule has 0 radical (unpaired) electrons. The Morgan fingerprint density at radius 2 is 1.52 bits per heavy atom. The number of carbonyl (C=O) groups is 1. The van der Waals surface area contributed by atoms with Crippen molar-refractivity contribution in [3.63, 3.8) is 0 Å². The number of para-hydroxylation sites is 1. The summed E-state index contributed by atoms with van der Waals surface area (Å²) >= 11 is 0. The summed E-state index contributed by atoms with van der Waals surface area (Å²) in [6.07, 6.45) is 1.74. The molecular formula is C24H23N3O3S. The van der Waals surface area contributed by atoms with E-state index in [0.717, 1.165) is 5.56 Å². The molecule has 158 valence electrons.